The topological polar surface area (TPSA) is 61.9 Å². The standard InChI is InChI=1S/C23H26F3N3O3/c1-16(30)28-12-10-20(11-13-28)29(15-17-6-8-21(32-2)9-7-17)22(31)27-19-5-3-4-18(14-19)23(24,25)26/h3-9,14,20H,10-13,15H2,1-2H3,(H,27,31). The molecule has 0 bridgehead atoms. The van der Waals surface area contributed by atoms with Gasteiger partial charge in [-0.2, -0.15) is 13.2 Å². The van der Waals surface area contributed by atoms with Gasteiger partial charge in [0.25, 0.3) is 0 Å². The van der Waals surface area contributed by atoms with Crippen LogP contribution in [0.3, 0.4) is 0 Å². The fraction of sp³-hybridized carbons (Fsp3) is 0.391. The summed E-state index contributed by atoms with van der Waals surface area (Å²) in [6, 6.07) is 11.2. The van der Waals surface area contributed by atoms with Crippen molar-refractivity contribution in [2.75, 3.05) is 25.5 Å². The number of urea groups is 1. The van der Waals surface area contributed by atoms with Crippen LogP contribution >= 0.6 is 0 Å². The van der Waals surface area contributed by atoms with Crippen molar-refractivity contribution in [3.05, 3.63) is 59.7 Å². The van der Waals surface area contributed by atoms with Gasteiger partial charge in [0.1, 0.15) is 5.75 Å². The molecule has 2 aromatic carbocycles. The second-order valence-corrected chi connectivity index (χ2v) is 7.72. The van der Waals surface area contributed by atoms with Gasteiger partial charge in [0, 0.05) is 38.3 Å². The lowest BCUT2D eigenvalue weighted by molar-refractivity contribution is -0.137. The summed E-state index contributed by atoms with van der Waals surface area (Å²) in [7, 11) is 1.56. The number of piperidine rings is 1. The number of carbonyl (C=O) groups excluding carboxylic acids is 2. The van der Waals surface area contributed by atoms with Crippen LogP contribution in [-0.4, -0.2) is 48.0 Å². The van der Waals surface area contributed by atoms with Gasteiger partial charge in [-0.25, -0.2) is 4.79 Å². The van der Waals surface area contributed by atoms with Gasteiger partial charge in [-0.1, -0.05) is 18.2 Å². The summed E-state index contributed by atoms with van der Waals surface area (Å²) in [6.45, 7) is 2.83. The highest BCUT2D eigenvalue weighted by Crippen LogP contribution is 2.31. The van der Waals surface area contributed by atoms with Crippen LogP contribution in [-0.2, 0) is 17.5 Å². The van der Waals surface area contributed by atoms with E-state index in [1.165, 1.54) is 19.1 Å². The summed E-state index contributed by atoms with van der Waals surface area (Å²) < 4.78 is 44.3. The third-order valence-electron chi connectivity index (χ3n) is 5.56. The van der Waals surface area contributed by atoms with Crippen molar-refractivity contribution in [1.29, 1.82) is 0 Å². The SMILES string of the molecule is COc1ccc(CN(C(=O)Nc2cccc(C(F)(F)F)c2)C2CCN(C(C)=O)CC2)cc1. The van der Waals surface area contributed by atoms with E-state index >= 15 is 0 Å². The molecular weight excluding hydrogens is 423 g/mol. The first-order valence-corrected chi connectivity index (χ1v) is 10.3. The molecule has 9 heteroatoms. The van der Waals surface area contributed by atoms with Crippen LogP contribution in [0.5, 0.6) is 5.75 Å². The second kappa shape index (κ2) is 9.93. The average Bonchev–Trinajstić information content (AvgIpc) is 2.77. The molecule has 1 fully saturated rings. The third-order valence-corrected chi connectivity index (χ3v) is 5.56. The molecule has 172 valence electrons. The zero-order chi connectivity index (χ0) is 23.3. The van der Waals surface area contributed by atoms with Gasteiger partial charge < -0.3 is 19.9 Å². The summed E-state index contributed by atoms with van der Waals surface area (Å²) in [5.41, 5.74) is 0.108. The minimum absolute atomic E-state index is 0.0152. The molecule has 0 saturated carbocycles. The number of benzene rings is 2. The molecule has 3 amide bonds. The first-order valence-electron chi connectivity index (χ1n) is 10.3. The Hall–Kier alpha value is -3.23. The van der Waals surface area contributed by atoms with Crippen molar-refractivity contribution < 1.29 is 27.5 Å². The highest BCUT2D eigenvalue weighted by molar-refractivity contribution is 5.89. The zero-order valence-corrected chi connectivity index (χ0v) is 18.0. The van der Waals surface area contributed by atoms with Crippen molar-refractivity contribution in [3.8, 4) is 5.75 Å². The highest BCUT2D eigenvalue weighted by Gasteiger charge is 2.32. The molecule has 1 aliphatic heterocycles. The van der Waals surface area contributed by atoms with Crippen molar-refractivity contribution in [2.45, 2.75) is 38.5 Å². The molecule has 2 aromatic rings. The molecule has 0 radical (unpaired) electrons. The number of alkyl halides is 3. The van der Waals surface area contributed by atoms with E-state index in [0.29, 0.717) is 31.7 Å². The zero-order valence-electron chi connectivity index (χ0n) is 18.0. The third kappa shape index (κ3) is 5.93. The van der Waals surface area contributed by atoms with Crippen molar-refractivity contribution in [1.82, 2.24) is 9.80 Å². The van der Waals surface area contributed by atoms with Crippen molar-refractivity contribution >= 4 is 17.6 Å². The smallest absolute Gasteiger partial charge is 0.416 e. The number of ether oxygens (including phenoxy) is 1. The number of methoxy groups -OCH3 is 1. The summed E-state index contributed by atoms with van der Waals surface area (Å²) in [6.07, 6.45) is -3.32. The lowest BCUT2D eigenvalue weighted by atomic mass is 10.0. The van der Waals surface area contributed by atoms with Gasteiger partial charge in [-0.05, 0) is 48.7 Å². The van der Waals surface area contributed by atoms with Gasteiger partial charge in [-0.15, -0.1) is 0 Å². The lowest BCUT2D eigenvalue weighted by Crippen LogP contribution is -2.49. The molecular formula is C23H26F3N3O3. The number of nitrogens with one attached hydrogen (secondary N) is 1. The summed E-state index contributed by atoms with van der Waals surface area (Å²) in [5.74, 6) is 0.669. The van der Waals surface area contributed by atoms with E-state index in [2.05, 4.69) is 5.32 Å². The fourth-order valence-electron chi connectivity index (χ4n) is 3.76. The number of likely N-dealkylation sites (tertiary alicyclic amines) is 1. The molecule has 1 heterocycles. The Kier molecular flexibility index (Phi) is 7.27. The Morgan fingerprint density at radius 2 is 1.78 bits per heavy atom. The number of hydrogen-bond donors (Lipinski definition) is 1. The summed E-state index contributed by atoms with van der Waals surface area (Å²) >= 11 is 0. The predicted molar refractivity (Wildman–Crippen MR) is 114 cm³/mol. The maximum Gasteiger partial charge on any atom is 0.416 e. The maximum absolute atomic E-state index is 13.1. The number of carbonyl (C=O) groups is 2. The van der Waals surface area contributed by atoms with E-state index in [4.69, 9.17) is 4.74 Å². The summed E-state index contributed by atoms with van der Waals surface area (Å²) in [5, 5.41) is 2.61. The Labute approximate surface area is 184 Å². The second-order valence-electron chi connectivity index (χ2n) is 7.72. The molecule has 32 heavy (non-hydrogen) atoms. The largest absolute Gasteiger partial charge is 0.497 e. The lowest BCUT2D eigenvalue weighted by Gasteiger charge is -2.38. The number of nitrogens with zero attached hydrogens (tertiary/aromatic N) is 2. The van der Waals surface area contributed by atoms with Crippen LogP contribution in [0.25, 0.3) is 0 Å². The van der Waals surface area contributed by atoms with Crippen LogP contribution in [0.1, 0.15) is 30.9 Å². The molecule has 0 spiro atoms. The van der Waals surface area contributed by atoms with E-state index in [1.54, 1.807) is 29.0 Å². The van der Waals surface area contributed by atoms with Crippen LogP contribution in [0.2, 0.25) is 0 Å². The van der Waals surface area contributed by atoms with Crippen LogP contribution < -0.4 is 10.1 Å². The van der Waals surface area contributed by atoms with E-state index in [-0.39, 0.29) is 24.2 Å². The summed E-state index contributed by atoms with van der Waals surface area (Å²) in [4.78, 5) is 28.1. The first-order chi connectivity index (χ1) is 15.2. The highest BCUT2D eigenvalue weighted by atomic mass is 19.4. The molecule has 1 N–H and O–H groups in total. The average molecular weight is 449 g/mol. The van der Waals surface area contributed by atoms with E-state index in [1.807, 2.05) is 12.1 Å². The molecule has 6 nitrogen and oxygen atoms in total. The van der Waals surface area contributed by atoms with Crippen LogP contribution in [0, 0.1) is 0 Å². The Morgan fingerprint density at radius 1 is 1.12 bits per heavy atom. The van der Waals surface area contributed by atoms with Crippen LogP contribution in [0.15, 0.2) is 48.5 Å². The van der Waals surface area contributed by atoms with Gasteiger partial charge in [0.05, 0.1) is 12.7 Å². The van der Waals surface area contributed by atoms with Gasteiger partial charge in [0.2, 0.25) is 5.91 Å². The normalized spacial score (nSPS) is 14.7. The Bertz CT molecular complexity index is 939. The molecule has 0 aromatic heterocycles. The van der Waals surface area contributed by atoms with Gasteiger partial charge >= 0.3 is 12.2 Å². The number of amides is 3. The number of anilines is 1. The van der Waals surface area contributed by atoms with Gasteiger partial charge in [-0.3, -0.25) is 4.79 Å². The molecule has 0 aliphatic carbocycles. The van der Waals surface area contributed by atoms with Gasteiger partial charge in [0.15, 0.2) is 0 Å². The fourth-order valence-corrected chi connectivity index (χ4v) is 3.76. The predicted octanol–water partition coefficient (Wildman–Crippen LogP) is 4.76. The number of hydrogen-bond acceptors (Lipinski definition) is 3. The van der Waals surface area contributed by atoms with Crippen molar-refractivity contribution in [2.24, 2.45) is 0 Å². The Morgan fingerprint density at radius 3 is 2.34 bits per heavy atom. The van der Waals surface area contributed by atoms with E-state index < -0.39 is 17.8 Å². The van der Waals surface area contributed by atoms with Crippen molar-refractivity contribution in [3.63, 3.8) is 0 Å². The monoisotopic (exact) mass is 449 g/mol. The Balaban J connectivity index is 1.79. The maximum atomic E-state index is 13.1. The van der Waals surface area contributed by atoms with E-state index in [9.17, 15) is 22.8 Å². The first kappa shape index (κ1) is 23.4. The van der Waals surface area contributed by atoms with Crippen LogP contribution in [0.4, 0.5) is 23.7 Å². The minimum atomic E-state index is -4.50. The minimum Gasteiger partial charge on any atom is -0.497 e. The molecule has 0 unspecified atom stereocenters. The quantitative estimate of drug-likeness (QED) is 0.716. The van der Waals surface area contributed by atoms with E-state index in [0.717, 1.165) is 17.7 Å². The molecule has 1 aliphatic rings. The molecule has 3 rings (SSSR count). The molecule has 0 atom stereocenters. The number of halogens is 3. The molecule has 1 saturated heterocycles. The number of rotatable bonds is 5.